The summed E-state index contributed by atoms with van der Waals surface area (Å²) in [5, 5.41) is 12.2. The molecule has 1 amide bonds. The first-order valence-electron chi connectivity index (χ1n) is 28.9. The second-order valence-corrected chi connectivity index (χ2v) is 21.5. The van der Waals surface area contributed by atoms with E-state index in [0.29, 0.717) is 78.1 Å². The molecule has 75 heavy (non-hydrogen) atoms. The Morgan fingerprint density at radius 1 is 0.520 bits per heavy atom. The topological polar surface area (TPSA) is 240 Å². The van der Waals surface area contributed by atoms with Gasteiger partial charge in [0.05, 0.1) is 26.3 Å². The fraction of sp³-hybridized carbons (Fsp3) is 0.889. The number of carboxylic acid groups (broad SMARTS) is 1. The Morgan fingerprint density at radius 2 is 0.893 bits per heavy atom. The summed E-state index contributed by atoms with van der Waals surface area (Å²) in [6.45, 7) is 6.25. The normalized spacial score (nSPS) is 15.7. The second-order valence-electron chi connectivity index (χ2n) is 20.0. The molecule has 1 heterocycles. The highest BCUT2D eigenvalue weighted by molar-refractivity contribution is 7.47. The molecule has 0 bridgehead atoms. The lowest BCUT2D eigenvalue weighted by atomic mass is 10.0. The monoisotopic (exact) mass is 1090 g/mol. The third kappa shape index (κ3) is 44.5. The van der Waals surface area contributed by atoms with Gasteiger partial charge in [0.2, 0.25) is 5.91 Å². The van der Waals surface area contributed by atoms with Crippen LogP contribution in [0.2, 0.25) is 0 Å². The smallest absolute Gasteiger partial charge is 0.472 e. The van der Waals surface area contributed by atoms with Gasteiger partial charge >= 0.3 is 25.7 Å². The van der Waals surface area contributed by atoms with Crippen LogP contribution < -0.4 is 5.32 Å². The summed E-state index contributed by atoms with van der Waals surface area (Å²) >= 11 is 0. The lowest BCUT2D eigenvalue weighted by Gasteiger charge is -2.33. The summed E-state index contributed by atoms with van der Waals surface area (Å²) in [5.41, 5.74) is 0. The number of carboxylic acids is 1. The first kappa shape index (κ1) is 69.8. The van der Waals surface area contributed by atoms with Crippen molar-refractivity contribution < 1.29 is 71.3 Å². The molecule has 21 heteroatoms. The SMILES string of the molecule is CCCCCCCCCCCCCCCCC(=O)O[C@@H](COC(=O)CCCCCCCCCCCCCCC)COP(=O)(O)OCCNC(=O)CN1CCN(COC=O)CCN(COC=O)CCN(CC(=O)O)CC1. The molecule has 0 radical (unpaired) electrons. The fourth-order valence-electron chi connectivity index (χ4n) is 8.81. The Hall–Kier alpha value is -3.23. The number of esters is 2. The van der Waals surface area contributed by atoms with E-state index < -0.39 is 51.0 Å². The third-order valence-corrected chi connectivity index (χ3v) is 14.3. The van der Waals surface area contributed by atoms with Gasteiger partial charge in [-0.1, -0.05) is 174 Å². The lowest BCUT2D eigenvalue weighted by molar-refractivity contribution is -0.161. The molecule has 1 aliphatic rings. The standard InChI is InChI=1S/C54H102N5O15P/c1-3-5-7-9-11-13-15-17-19-21-23-25-27-29-31-54(66)74-50(44-71-53(65)30-28-26-24-22-20-18-16-14-12-10-8-6-4-2)45-73-75(67,68)72-41-32-55-51(62)42-56-33-34-57(43-52(63)64)36-38-59(47-70-49-61)40-39-58(37-35-56)46-69-48-60/h48-50H,3-47H2,1-2H3,(H,55,62)(H,63,64)(H,67,68)/t50-/m0/s1. The van der Waals surface area contributed by atoms with E-state index in [4.69, 9.17) is 28.0 Å². The first-order chi connectivity index (χ1) is 36.4. The predicted molar refractivity (Wildman–Crippen MR) is 289 cm³/mol. The van der Waals surface area contributed by atoms with Crippen molar-refractivity contribution in [1.29, 1.82) is 0 Å². The number of carbonyl (C=O) groups excluding carboxylic acids is 5. The Kier molecular flexibility index (Phi) is 45.7. The summed E-state index contributed by atoms with van der Waals surface area (Å²) in [6, 6.07) is 0. The molecule has 1 rings (SSSR count). The number of phosphoric acid groups is 1. The summed E-state index contributed by atoms with van der Waals surface area (Å²) in [6.07, 6.45) is 31.1. The molecule has 2 atom stereocenters. The number of nitrogens with one attached hydrogen (secondary N) is 1. The average Bonchev–Trinajstić information content (AvgIpc) is 3.38. The number of phosphoric ester groups is 1. The molecular weight excluding hydrogens is 990 g/mol. The molecule has 438 valence electrons. The van der Waals surface area contributed by atoms with Crippen LogP contribution in [0.25, 0.3) is 0 Å². The Labute approximate surface area is 450 Å². The van der Waals surface area contributed by atoms with Gasteiger partial charge in [-0.25, -0.2) is 4.57 Å². The summed E-state index contributed by atoms with van der Waals surface area (Å²) in [7, 11) is -4.72. The van der Waals surface area contributed by atoms with Crippen molar-refractivity contribution in [2.45, 2.75) is 206 Å². The largest absolute Gasteiger partial charge is 0.480 e. The molecule has 20 nitrogen and oxygen atoms in total. The minimum absolute atomic E-state index is 0.00689. The molecule has 0 aliphatic carbocycles. The van der Waals surface area contributed by atoms with Crippen LogP contribution in [0.3, 0.4) is 0 Å². The van der Waals surface area contributed by atoms with Crippen LogP contribution in [0.4, 0.5) is 0 Å². The van der Waals surface area contributed by atoms with E-state index in [9.17, 15) is 43.3 Å². The van der Waals surface area contributed by atoms with E-state index >= 15 is 0 Å². The zero-order chi connectivity index (χ0) is 54.9. The van der Waals surface area contributed by atoms with Crippen LogP contribution in [0, 0.1) is 0 Å². The maximum absolute atomic E-state index is 13.1. The zero-order valence-electron chi connectivity index (χ0n) is 46.5. The molecule has 1 unspecified atom stereocenters. The van der Waals surface area contributed by atoms with Gasteiger partial charge in [-0.2, -0.15) is 0 Å². The van der Waals surface area contributed by atoms with Crippen molar-refractivity contribution >= 4 is 44.6 Å². The summed E-state index contributed by atoms with van der Waals surface area (Å²) < 4.78 is 44.3. The molecule has 3 N–H and O–H groups in total. The maximum Gasteiger partial charge on any atom is 0.472 e. The number of ether oxygens (including phenoxy) is 4. The second kappa shape index (κ2) is 49.1. The van der Waals surface area contributed by atoms with Gasteiger partial charge < -0.3 is 34.3 Å². The first-order valence-corrected chi connectivity index (χ1v) is 30.4. The molecular formula is C54H102N5O15P. The number of rotatable bonds is 49. The predicted octanol–water partition coefficient (Wildman–Crippen LogP) is 8.61. The molecule has 1 saturated heterocycles. The average molecular weight is 1090 g/mol. The summed E-state index contributed by atoms with van der Waals surface area (Å²) in [4.78, 5) is 90.1. The lowest BCUT2D eigenvalue weighted by Crippen LogP contribution is -2.49. The number of unbranched alkanes of at least 4 members (excludes halogenated alkanes) is 25. The van der Waals surface area contributed by atoms with Gasteiger partial charge in [-0.15, -0.1) is 0 Å². The Bertz CT molecular complexity index is 1500. The van der Waals surface area contributed by atoms with Crippen molar-refractivity contribution in [3.05, 3.63) is 0 Å². The zero-order valence-corrected chi connectivity index (χ0v) is 47.4. The number of carbonyl (C=O) groups is 6. The van der Waals surface area contributed by atoms with E-state index in [1.807, 2.05) is 14.7 Å². The minimum Gasteiger partial charge on any atom is -0.480 e. The van der Waals surface area contributed by atoms with Crippen LogP contribution in [-0.2, 0) is 61.3 Å². The highest BCUT2D eigenvalue weighted by Gasteiger charge is 2.27. The van der Waals surface area contributed by atoms with Crippen molar-refractivity contribution in [1.82, 2.24) is 24.9 Å². The Balaban J connectivity index is 2.67. The third-order valence-electron chi connectivity index (χ3n) is 13.4. The fourth-order valence-corrected chi connectivity index (χ4v) is 9.56. The van der Waals surface area contributed by atoms with E-state index in [0.717, 1.165) is 38.5 Å². The minimum atomic E-state index is -4.72. The van der Waals surface area contributed by atoms with Crippen molar-refractivity contribution in [3.63, 3.8) is 0 Å². The molecule has 0 aromatic heterocycles. The molecule has 0 spiro atoms. The number of hydrogen-bond acceptors (Lipinski definition) is 17. The van der Waals surface area contributed by atoms with Gasteiger partial charge in [0, 0.05) is 71.7 Å². The van der Waals surface area contributed by atoms with Crippen LogP contribution in [0.1, 0.15) is 200 Å². The van der Waals surface area contributed by atoms with Crippen molar-refractivity contribution in [2.75, 3.05) is 105 Å². The Morgan fingerprint density at radius 3 is 1.29 bits per heavy atom. The highest BCUT2D eigenvalue weighted by Crippen LogP contribution is 2.43. The number of aliphatic carboxylic acids is 1. The van der Waals surface area contributed by atoms with Crippen LogP contribution in [0.5, 0.6) is 0 Å². The van der Waals surface area contributed by atoms with Crippen LogP contribution in [-0.4, -0.2) is 178 Å². The van der Waals surface area contributed by atoms with Crippen LogP contribution in [0.15, 0.2) is 0 Å². The van der Waals surface area contributed by atoms with Crippen LogP contribution >= 0.6 is 7.82 Å². The van der Waals surface area contributed by atoms with E-state index in [1.165, 1.54) is 122 Å². The molecule has 1 fully saturated rings. The summed E-state index contributed by atoms with van der Waals surface area (Å²) in [5.74, 6) is -2.42. The number of amides is 1. The maximum atomic E-state index is 13.1. The van der Waals surface area contributed by atoms with Crippen molar-refractivity contribution in [3.8, 4) is 0 Å². The van der Waals surface area contributed by atoms with E-state index in [1.54, 1.807) is 4.90 Å². The molecule has 0 saturated carbocycles. The molecule has 0 aromatic carbocycles. The number of nitrogens with zero attached hydrogens (tertiary/aromatic N) is 4. The van der Waals surface area contributed by atoms with Gasteiger partial charge in [0.25, 0.3) is 12.9 Å². The van der Waals surface area contributed by atoms with Crippen molar-refractivity contribution in [2.24, 2.45) is 0 Å². The van der Waals surface area contributed by atoms with Gasteiger partial charge in [0.15, 0.2) is 6.10 Å². The molecule has 1 aliphatic heterocycles. The van der Waals surface area contributed by atoms with E-state index in [-0.39, 0.29) is 52.5 Å². The highest BCUT2D eigenvalue weighted by atomic mass is 31.2. The van der Waals surface area contributed by atoms with Gasteiger partial charge in [0.1, 0.15) is 20.1 Å². The van der Waals surface area contributed by atoms with Gasteiger partial charge in [-0.05, 0) is 12.8 Å². The van der Waals surface area contributed by atoms with E-state index in [2.05, 4.69) is 19.2 Å². The van der Waals surface area contributed by atoms with Gasteiger partial charge in [-0.3, -0.25) is 57.4 Å². The molecule has 0 aromatic rings. The quantitative estimate of drug-likeness (QED) is 0.0170. The number of hydrogen-bond donors (Lipinski definition) is 3.